The molecular formula is C30H50N6O. The van der Waals surface area contributed by atoms with Gasteiger partial charge >= 0.3 is 0 Å². The lowest BCUT2D eigenvalue weighted by molar-refractivity contribution is 0.167. The molecule has 0 bridgehead atoms. The van der Waals surface area contributed by atoms with Gasteiger partial charge in [-0.25, -0.2) is 4.99 Å². The molecule has 2 fully saturated rings. The number of allylic oxidation sites excluding steroid dienone is 1. The molecule has 1 aromatic rings. The predicted molar refractivity (Wildman–Crippen MR) is 156 cm³/mol. The molecule has 2 atom stereocenters. The van der Waals surface area contributed by atoms with Crippen molar-refractivity contribution in [3.05, 3.63) is 35.4 Å². The minimum absolute atomic E-state index is 0.0421. The Labute approximate surface area is 225 Å². The van der Waals surface area contributed by atoms with Crippen molar-refractivity contribution < 1.29 is 4.74 Å². The van der Waals surface area contributed by atoms with Gasteiger partial charge in [0.05, 0.1) is 12.8 Å². The second-order valence-electron chi connectivity index (χ2n) is 11.6. The van der Waals surface area contributed by atoms with Crippen LogP contribution in [0.5, 0.6) is 5.75 Å². The molecule has 7 heteroatoms. The summed E-state index contributed by atoms with van der Waals surface area (Å²) < 4.78 is 5.96. The number of amidine groups is 1. The first-order valence-electron chi connectivity index (χ1n) is 14.4. The standard InChI is InChI=1S/C30H50N6O/c1-22(2)35-18-13-24(14-19-35)31-29-26-21-28(37-7)25(23(3)12-8-9-15-33(4)5)20-27(26)34(6)30(32-29)36-16-10-11-17-36/h8,12,20-24,30H,9-11,13-19H2,1-7H3,(H,31,32)/b12-8+. The summed E-state index contributed by atoms with van der Waals surface area (Å²) in [6.45, 7) is 12.4. The van der Waals surface area contributed by atoms with Crippen LogP contribution < -0.4 is 15.0 Å². The first-order chi connectivity index (χ1) is 17.8. The molecule has 2 saturated heterocycles. The zero-order valence-corrected chi connectivity index (χ0v) is 24.3. The molecule has 4 rings (SSSR count). The summed E-state index contributed by atoms with van der Waals surface area (Å²) in [5.41, 5.74) is 3.65. The first kappa shape index (κ1) is 27.9. The number of piperidine rings is 1. The van der Waals surface area contributed by atoms with Crippen molar-refractivity contribution in [2.75, 3.05) is 65.9 Å². The van der Waals surface area contributed by atoms with E-state index in [1.54, 1.807) is 7.11 Å². The fourth-order valence-electron chi connectivity index (χ4n) is 5.90. The Morgan fingerprint density at radius 3 is 2.43 bits per heavy atom. The molecule has 3 aliphatic rings. The quantitative estimate of drug-likeness (QED) is 0.499. The number of nitrogens with one attached hydrogen (secondary N) is 1. The lowest BCUT2D eigenvalue weighted by Gasteiger charge is -2.41. The van der Waals surface area contributed by atoms with Crippen molar-refractivity contribution in [1.82, 2.24) is 20.0 Å². The van der Waals surface area contributed by atoms with Crippen LogP contribution in [0.2, 0.25) is 0 Å². The van der Waals surface area contributed by atoms with Crippen LogP contribution in [0.3, 0.4) is 0 Å². The van der Waals surface area contributed by atoms with Crippen LogP contribution in [0.15, 0.2) is 29.3 Å². The minimum Gasteiger partial charge on any atom is -0.496 e. The van der Waals surface area contributed by atoms with E-state index in [0.29, 0.717) is 12.1 Å². The zero-order chi connectivity index (χ0) is 26.5. The van der Waals surface area contributed by atoms with Gasteiger partial charge in [-0.1, -0.05) is 19.1 Å². The summed E-state index contributed by atoms with van der Waals surface area (Å²) in [7, 11) is 8.24. The molecule has 0 amide bonds. The topological polar surface area (TPSA) is 46.6 Å². The second-order valence-corrected chi connectivity index (χ2v) is 11.6. The van der Waals surface area contributed by atoms with Crippen LogP contribution in [0.25, 0.3) is 0 Å². The van der Waals surface area contributed by atoms with Crippen molar-refractivity contribution >= 4 is 11.5 Å². The highest BCUT2D eigenvalue weighted by Gasteiger charge is 2.34. The molecule has 0 saturated carbocycles. The molecule has 7 nitrogen and oxygen atoms in total. The van der Waals surface area contributed by atoms with Crippen molar-refractivity contribution in [2.45, 2.75) is 77.2 Å². The number of hydrogen-bond acceptors (Lipinski definition) is 7. The van der Waals surface area contributed by atoms with E-state index in [2.05, 4.69) is 91.1 Å². The third-order valence-corrected chi connectivity index (χ3v) is 8.30. The van der Waals surface area contributed by atoms with Crippen molar-refractivity contribution in [3.63, 3.8) is 0 Å². The van der Waals surface area contributed by atoms with E-state index < -0.39 is 0 Å². The third kappa shape index (κ3) is 6.68. The average molecular weight is 511 g/mol. The Kier molecular flexibility index (Phi) is 9.54. The van der Waals surface area contributed by atoms with E-state index in [-0.39, 0.29) is 12.2 Å². The Morgan fingerprint density at radius 1 is 1.11 bits per heavy atom. The largest absolute Gasteiger partial charge is 0.496 e. The van der Waals surface area contributed by atoms with E-state index in [1.165, 1.54) is 24.1 Å². The zero-order valence-electron chi connectivity index (χ0n) is 24.3. The van der Waals surface area contributed by atoms with Crippen molar-refractivity contribution in [3.8, 4) is 5.75 Å². The summed E-state index contributed by atoms with van der Waals surface area (Å²) in [5.74, 6) is 2.25. The van der Waals surface area contributed by atoms with Crippen LogP contribution in [-0.4, -0.2) is 99.9 Å². The molecule has 37 heavy (non-hydrogen) atoms. The van der Waals surface area contributed by atoms with E-state index in [0.717, 1.165) is 69.1 Å². The first-order valence-corrected chi connectivity index (χ1v) is 14.4. The summed E-state index contributed by atoms with van der Waals surface area (Å²) >= 11 is 0. The third-order valence-electron chi connectivity index (χ3n) is 8.30. The van der Waals surface area contributed by atoms with E-state index in [1.807, 2.05) is 0 Å². The Hall–Kier alpha value is -2.09. The number of ether oxygens (including phenoxy) is 1. The molecule has 0 spiro atoms. The van der Waals surface area contributed by atoms with E-state index in [9.17, 15) is 0 Å². The van der Waals surface area contributed by atoms with Gasteiger partial charge in [0.15, 0.2) is 6.29 Å². The number of likely N-dealkylation sites (tertiary alicyclic amines) is 2. The van der Waals surface area contributed by atoms with Crippen molar-refractivity contribution in [1.29, 1.82) is 0 Å². The molecule has 0 radical (unpaired) electrons. The number of benzene rings is 1. The van der Waals surface area contributed by atoms with Gasteiger partial charge in [-0.05, 0) is 72.2 Å². The Bertz CT molecular complexity index is 944. The monoisotopic (exact) mass is 510 g/mol. The van der Waals surface area contributed by atoms with Gasteiger partial charge < -0.3 is 24.8 Å². The maximum atomic E-state index is 5.96. The molecular weight excluding hydrogens is 460 g/mol. The van der Waals surface area contributed by atoms with Gasteiger partial charge in [-0.3, -0.25) is 4.90 Å². The summed E-state index contributed by atoms with van der Waals surface area (Å²) in [4.78, 5) is 15.0. The van der Waals surface area contributed by atoms with E-state index >= 15 is 0 Å². The average Bonchev–Trinajstić information content (AvgIpc) is 3.42. The number of rotatable bonds is 9. The SMILES string of the molecule is COc1cc2c(cc1C(C)/C=C/CCN(C)C)N(C)C(N1CCCC1)N=C2NC1CCN(C(C)C)CC1. The van der Waals surface area contributed by atoms with E-state index in [4.69, 9.17) is 9.73 Å². The second kappa shape index (κ2) is 12.6. The van der Waals surface area contributed by atoms with Crippen LogP contribution in [0, 0.1) is 0 Å². The lowest BCUT2D eigenvalue weighted by atomic mass is 9.94. The highest BCUT2D eigenvalue weighted by molar-refractivity contribution is 6.06. The van der Waals surface area contributed by atoms with Gasteiger partial charge in [0.25, 0.3) is 0 Å². The fourth-order valence-corrected chi connectivity index (χ4v) is 5.90. The van der Waals surface area contributed by atoms with Crippen LogP contribution in [0.4, 0.5) is 5.69 Å². The summed E-state index contributed by atoms with van der Waals surface area (Å²) in [6, 6.07) is 5.65. The van der Waals surface area contributed by atoms with Crippen LogP contribution in [-0.2, 0) is 0 Å². The smallest absolute Gasteiger partial charge is 0.180 e. The van der Waals surface area contributed by atoms with Gasteiger partial charge in [0.2, 0.25) is 0 Å². The molecule has 0 aromatic heterocycles. The molecule has 0 aliphatic carbocycles. The molecule has 1 N–H and O–H groups in total. The van der Waals surface area contributed by atoms with Gasteiger partial charge in [0.1, 0.15) is 11.6 Å². The number of nitrogens with zero attached hydrogens (tertiary/aromatic N) is 5. The number of fused-ring (bicyclic) bond motifs is 1. The summed E-state index contributed by atoms with van der Waals surface area (Å²) in [5, 5.41) is 3.90. The minimum atomic E-state index is 0.0421. The number of anilines is 1. The molecule has 2 unspecified atom stereocenters. The van der Waals surface area contributed by atoms with Gasteiger partial charge in [0, 0.05) is 68.9 Å². The fraction of sp³-hybridized carbons (Fsp3) is 0.700. The molecule has 206 valence electrons. The highest BCUT2D eigenvalue weighted by atomic mass is 16.5. The predicted octanol–water partition coefficient (Wildman–Crippen LogP) is 4.34. The lowest BCUT2D eigenvalue weighted by Crippen LogP contribution is -2.52. The van der Waals surface area contributed by atoms with Crippen LogP contribution >= 0.6 is 0 Å². The Morgan fingerprint density at radius 2 is 1.81 bits per heavy atom. The maximum Gasteiger partial charge on any atom is 0.180 e. The normalized spacial score (nSPS) is 22.7. The number of aliphatic imine (C=N–C) groups is 1. The summed E-state index contributed by atoms with van der Waals surface area (Å²) in [6.07, 6.45) is 10.5. The molecule has 3 aliphatic heterocycles. The van der Waals surface area contributed by atoms with Gasteiger partial charge in [-0.15, -0.1) is 0 Å². The highest BCUT2D eigenvalue weighted by Crippen LogP contribution is 2.38. The number of methoxy groups -OCH3 is 1. The van der Waals surface area contributed by atoms with Crippen molar-refractivity contribution in [2.24, 2.45) is 4.99 Å². The maximum absolute atomic E-state index is 5.96. The molecule has 1 aromatic carbocycles. The number of hydrogen-bond donors (Lipinski definition) is 1. The van der Waals surface area contributed by atoms with Crippen LogP contribution in [0.1, 0.15) is 69.9 Å². The Balaban J connectivity index is 1.62. The molecule has 3 heterocycles. The van der Waals surface area contributed by atoms with Gasteiger partial charge in [-0.2, -0.15) is 0 Å².